The largest absolute Gasteiger partial charge is 0.393 e. The zero-order chi connectivity index (χ0) is 20.1. The van der Waals surface area contributed by atoms with Gasteiger partial charge in [0.2, 0.25) is 0 Å². The number of aliphatic hydroxyl groups excluding tert-OH is 3. The van der Waals surface area contributed by atoms with Crippen molar-refractivity contribution in [2.45, 2.75) is 83.0 Å². The topological polar surface area (TPSA) is 87.0 Å². The number of methoxy groups -OCH3 is 1. The second-order valence-corrected chi connectivity index (χ2v) is 7.63. The van der Waals surface area contributed by atoms with E-state index in [1.54, 1.807) is 6.08 Å². The van der Waals surface area contributed by atoms with Crippen molar-refractivity contribution in [2.24, 2.45) is 11.8 Å². The van der Waals surface area contributed by atoms with Gasteiger partial charge in [0.1, 0.15) is 6.61 Å². The molecule has 1 rings (SSSR count). The molecular weight excluding hydrogens is 344 g/mol. The Labute approximate surface area is 164 Å². The number of Topliss-reactive ketones (excluding diaryl/α,β-unsaturated/α-hetero) is 1. The van der Waals surface area contributed by atoms with E-state index < -0.39 is 18.3 Å². The molecule has 156 valence electrons. The summed E-state index contributed by atoms with van der Waals surface area (Å²) in [5.41, 5.74) is 0. The lowest BCUT2D eigenvalue weighted by Crippen LogP contribution is -2.20. The Kier molecular flexibility index (Phi) is 12.5. The van der Waals surface area contributed by atoms with Gasteiger partial charge >= 0.3 is 0 Å². The molecule has 0 bridgehead atoms. The molecule has 5 heteroatoms. The van der Waals surface area contributed by atoms with Gasteiger partial charge in [0.25, 0.3) is 0 Å². The summed E-state index contributed by atoms with van der Waals surface area (Å²) in [6, 6.07) is 0. The van der Waals surface area contributed by atoms with Crippen molar-refractivity contribution in [1.82, 2.24) is 0 Å². The van der Waals surface area contributed by atoms with Crippen LogP contribution in [0.25, 0.3) is 0 Å². The van der Waals surface area contributed by atoms with Crippen molar-refractivity contribution in [1.29, 1.82) is 0 Å². The third-order valence-corrected chi connectivity index (χ3v) is 5.28. The van der Waals surface area contributed by atoms with Crippen molar-refractivity contribution in [3.8, 4) is 0 Å². The molecule has 0 aromatic rings. The predicted octanol–water partition coefficient (Wildman–Crippen LogP) is 3.17. The fourth-order valence-electron chi connectivity index (χ4n) is 3.68. The minimum Gasteiger partial charge on any atom is -0.393 e. The molecular formula is C22H38O5. The second-order valence-electron chi connectivity index (χ2n) is 7.63. The molecule has 5 nitrogen and oxygen atoms in total. The zero-order valence-electron chi connectivity index (χ0n) is 16.9. The minimum atomic E-state index is -0.566. The zero-order valence-corrected chi connectivity index (χ0v) is 16.9. The van der Waals surface area contributed by atoms with Crippen LogP contribution in [0.1, 0.15) is 64.7 Å². The lowest BCUT2D eigenvalue weighted by Gasteiger charge is -2.19. The van der Waals surface area contributed by atoms with Crippen LogP contribution in [-0.4, -0.2) is 53.1 Å². The molecule has 1 fully saturated rings. The van der Waals surface area contributed by atoms with E-state index in [0.29, 0.717) is 19.3 Å². The number of aliphatic hydroxyl groups is 3. The number of carbonyl (C=O) groups excluding carboxylic acids is 1. The van der Waals surface area contributed by atoms with Gasteiger partial charge in [0.05, 0.1) is 18.3 Å². The summed E-state index contributed by atoms with van der Waals surface area (Å²) >= 11 is 0. The van der Waals surface area contributed by atoms with Gasteiger partial charge < -0.3 is 20.1 Å². The lowest BCUT2D eigenvalue weighted by molar-refractivity contribution is -0.122. The average Bonchev–Trinajstić information content (AvgIpc) is 2.89. The number of rotatable bonds is 14. The Morgan fingerprint density at radius 2 is 1.96 bits per heavy atom. The molecule has 0 radical (unpaired) electrons. The molecule has 0 saturated heterocycles. The fraction of sp³-hybridized carbons (Fsp3) is 0.773. The van der Waals surface area contributed by atoms with Gasteiger partial charge in [0, 0.05) is 25.9 Å². The van der Waals surface area contributed by atoms with E-state index in [1.807, 2.05) is 18.2 Å². The van der Waals surface area contributed by atoms with Gasteiger partial charge in [-0.15, -0.1) is 0 Å². The summed E-state index contributed by atoms with van der Waals surface area (Å²) in [6.07, 6.45) is 13.3. The smallest absolute Gasteiger partial charge is 0.158 e. The minimum absolute atomic E-state index is 0.0366. The van der Waals surface area contributed by atoms with Crippen molar-refractivity contribution >= 4 is 5.78 Å². The average molecular weight is 383 g/mol. The number of ether oxygens (including phenoxy) is 1. The molecule has 0 aromatic heterocycles. The van der Waals surface area contributed by atoms with Crippen LogP contribution in [0, 0.1) is 11.8 Å². The van der Waals surface area contributed by atoms with Crippen molar-refractivity contribution in [3.05, 3.63) is 24.3 Å². The summed E-state index contributed by atoms with van der Waals surface area (Å²) in [5.74, 6) is -0.0536. The van der Waals surface area contributed by atoms with Crippen LogP contribution in [0.15, 0.2) is 24.3 Å². The molecule has 0 heterocycles. The van der Waals surface area contributed by atoms with E-state index in [4.69, 9.17) is 4.74 Å². The van der Waals surface area contributed by atoms with Crippen LogP contribution >= 0.6 is 0 Å². The summed E-state index contributed by atoms with van der Waals surface area (Å²) in [4.78, 5) is 11.4. The highest BCUT2D eigenvalue weighted by molar-refractivity contribution is 5.79. The maximum atomic E-state index is 11.4. The SMILES string of the molecule is CCCCCC(O)C=C[C@H]1C(O)CC(O)[C@@H]1CC=CCCCC(=O)COC. The third-order valence-electron chi connectivity index (χ3n) is 5.28. The molecule has 1 saturated carbocycles. The number of ketones is 1. The number of hydrogen-bond donors (Lipinski definition) is 3. The van der Waals surface area contributed by atoms with Crippen LogP contribution in [0.3, 0.4) is 0 Å². The standard InChI is InChI=1S/C22H38O5/c1-3-4-7-10-17(23)13-14-20-19(21(25)15-22(20)26)12-9-6-5-8-11-18(24)16-27-2/h6,9,13-14,17,19-23,25-26H,3-5,7-8,10-12,15-16H2,1-2H3/t17?,19-,20-,21?,22?/m1/s1. The van der Waals surface area contributed by atoms with E-state index in [2.05, 4.69) is 6.92 Å². The molecule has 0 amide bonds. The molecule has 0 aliphatic heterocycles. The van der Waals surface area contributed by atoms with Crippen LogP contribution in [0.2, 0.25) is 0 Å². The predicted molar refractivity (Wildman–Crippen MR) is 107 cm³/mol. The van der Waals surface area contributed by atoms with E-state index >= 15 is 0 Å². The van der Waals surface area contributed by atoms with Crippen LogP contribution in [0.4, 0.5) is 0 Å². The Morgan fingerprint density at radius 3 is 2.67 bits per heavy atom. The van der Waals surface area contributed by atoms with Gasteiger partial charge in [0.15, 0.2) is 5.78 Å². The van der Waals surface area contributed by atoms with Crippen molar-refractivity contribution in [2.75, 3.05) is 13.7 Å². The maximum Gasteiger partial charge on any atom is 0.158 e. The molecule has 3 N–H and O–H groups in total. The Bertz CT molecular complexity index is 460. The summed E-state index contributed by atoms with van der Waals surface area (Å²) in [6.45, 7) is 2.31. The molecule has 1 aliphatic rings. The Morgan fingerprint density at radius 1 is 1.19 bits per heavy atom. The number of carbonyl (C=O) groups is 1. The highest BCUT2D eigenvalue weighted by Gasteiger charge is 2.39. The molecule has 3 unspecified atom stereocenters. The molecule has 5 atom stereocenters. The number of unbranched alkanes of at least 4 members (excludes halogenated alkanes) is 3. The van der Waals surface area contributed by atoms with E-state index in [1.165, 1.54) is 7.11 Å². The van der Waals surface area contributed by atoms with Crippen LogP contribution in [-0.2, 0) is 9.53 Å². The molecule has 0 aromatic carbocycles. The number of hydrogen-bond acceptors (Lipinski definition) is 5. The van der Waals surface area contributed by atoms with Crippen molar-refractivity contribution < 1.29 is 24.9 Å². The highest BCUT2D eigenvalue weighted by Crippen LogP contribution is 2.36. The Hall–Kier alpha value is -1.01. The fourth-order valence-corrected chi connectivity index (χ4v) is 3.68. The first-order valence-electron chi connectivity index (χ1n) is 10.4. The molecule has 1 aliphatic carbocycles. The number of allylic oxidation sites excluding steroid dienone is 2. The quantitative estimate of drug-likeness (QED) is 0.317. The van der Waals surface area contributed by atoms with Gasteiger partial charge in [-0.25, -0.2) is 0 Å². The third kappa shape index (κ3) is 9.65. The van der Waals surface area contributed by atoms with Gasteiger partial charge in [-0.1, -0.05) is 50.5 Å². The lowest BCUT2D eigenvalue weighted by atomic mass is 9.89. The van der Waals surface area contributed by atoms with E-state index in [9.17, 15) is 20.1 Å². The monoisotopic (exact) mass is 382 g/mol. The molecule has 27 heavy (non-hydrogen) atoms. The van der Waals surface area contributed by atoms with E-state index in [-0.39, 0.29) is 24.2 Å². The highest BCUT2D eigenvalue weighted by atomic mass is 16.5. The van der Waals surface area contributed by atoms with E-state index in [0.717, 1.165) is 38.5 Å². The molecule has 0 spiro atoms. The van der Waals surface area contributed by atoms with Crippen molar-refractivity contribution in [3.63, 3.8) is 0 Å². The Balaban J connectivity index is 2.42. The summed E-state index contributed by atoms with van der Waals surface area (Å²) < 4.78 is 4.81. The second kappa shape index (κ2) is 14.1. The summed E-state index contributed by atoms with van der Waals surface area (Å²) in [5, 5.41) is 30.5. The summed E-state index contributed by atoms with van der Waals surface area (Å²) in [7, 11) is 1.52. The first-order valence-corrected chi connectivity index (χ1v) is 10.4. The van der Waals surface area contributed by atoms with Gasteiger partial charge in [-0.2, -0.15) is 0 Å². The normalized spacial score (nSPS) is 27.0. The van der Waals surface area contributed by atoms with Crippen LogP contribution < -0.4 is 0 Å². The first-order chi connectivity index (χ1) is 13.0. The van der Waals surface area contributed by atoms with Gasteiger partial charge in [-0.3, -0.25) is 4.79 Å². The van der Waals surface area contributed by atoms with Crippen LogP contribution in [0.5, 0.6) is 0 Å². The first kappa shape index (κ1) is 24.0. The van der Waals surface area contributed by atoms with Gasteiger partial charge in [-0.05, 0) is 31.6 Å². The maximum absolute atomic E-state index is 11.4.